The van der Waals surface area contributed by atoms with Crippen molar-refractivity contribution in [2.24, 2.45) is 0 Å². The zero-order valence-electron chi connectivity index (χ0n) is 9.57. The molecule has 0 aromatic carbocycles. The Morgan fingerprint density at radius 2 is 1.43 bits per heavy atom. The second-order valence-corrected chi connectivity index (χ2v) is 3.44. The minimum Gasteiger partial charge on any atom is -0.852 e. The van der Waals surface area contributed by atoms with E-state index in [-0.39, 0.29) is 12.4 Å². The van der Waals surface area contributed by atoms with Gasteiger partial charge in [-0.15, -0.1) is 12.2 Å². The first-order chi connectivity index (χ1) is 6.23. The fraction of sp³-hybridized carbons (Fsp3) is 0.889. The molecule has 0 bridgehead atoms. The maximum absolute atomic E-state index is 9.91. The van der Waals surface area contributed by atoms with Gasteiger partial charge in [-0.25, -0.2) is 0 Å². The summed E-state index contributed by atoms with van der Waals surface area (Å²) in [6.07, 6.45) is -0.833. The van der Waals surface area contributed by atoms with Crippen LogP contribution in [0.15, 0.2) is 0 Å². The Balaban J connectivity index is -0.000000135. The van der Waals surface area contributed by atoms with Crippen molar-refractivity contribution in [3.8, 4) is 0 Å². The Kier molecular flexibility index (Phi) is 21.8. The molecule has 0 aliphatic carbocycles. The van der Waals surface area contributed by atoms with Crippen LogP contribution in [0.4, 0.5) is 0 Å². The molecule has 0 saturated carbocycles. The van der Waals surface area contributed by atoms with Crippen molar-refractivity contribution in [2.45, 2.75) is 46.8 Å². The maximum Gasteiger partial charge on any atom is -0.0783 e. The van der Waals surface area contributed by atoms with Gasteiger partial charge < -0.3 is 10.2 Å². The van der Waals surface area contributed by atoms with Gasteiger partial charge in [-0.05, 0) is 0 Å². The number of rotatable bonds is 2. The van der Waals surface area contributed by atoms with E-state index < -0.39 is 12.2 Å². The largest absolute Gasteiger partial charge is 0.852 e. The summed E-state index contributed by atoms with van der Waals surface area (Å²) in [7, 11) is 0. The van der Waals surface area contributed by atoms with Crippen LogP contribution in [0.3, 0.4) is 0 Å². The van der Waals surface area contributed by atoms with E-state index in [1.54, 1.807) is 27.7 Å². The Bertz CT molecular complexity index is 104. The van der Waals surface area contributed by atoms with Gasteiger partial charge >= 0.3 is 44.5 Å². The molecule has 0 radical (unpaired) electrons. The summed E-state index contributed by atoms with van der Waals surface area (Å²) in [6.45, 7) is 8.12. The van der Waals surface area contributed by atoms with E-state index in [1.807, 2.05) is 16.6 Å². The van der Waals surface area contributed by atoms with E-state index in [0.29, 0.717) is 0 Å². The summed E-state index contributed by atoms with van der Waals surface area (Å²) in [6, 6.07) is 0. The summed E-state index contributed by atoms with van der Waals surface area (Å²) in [4.78, 5) is 9.91. The van der Waals surface area contributed by atoms with Gasteiger partial charge in [0.15, 0.2) is 0 Å². The molecule has 0 saturated heterocycles. The van der Waals surface area contributed by atoms with Crippen LogP contribution in [-0.2, 0) is 8.58 Å². The van der Waals surface area contributed by atoms with E-state index in [2.05, 4.69) is 3.79 Å². The van der Waals surface area contributed by atoms with Crippen LogP contribution in [0.5, 0.6) is 0 Å². The van der Waals surface area contributed by atoms with Crippen LogP contribution < -0.4 is 10.2 Å². The normalized spacial score (nSPS) is 8.79. The number of Topliss-reactive ketones (excluding diaryl/α,β-unsaturated/α-hetero) is 1. The van der Waals surface area contributed by atoms with Gasteiger partial charge in [0.05, 0.1) is 0 Å². The van der Waals surface area contributed by atoms with Crippen LogP contribution in [-0.4, -0.2) is 41.2 Å². The molecule has 4 nitrogen and oxygen atoms in total. The molecule has 14 heavy (non-hydrogen) atoms. The smallest absolute Gasteiger partial charge is 0.0783 e. The van der Waals surface area contributed by atoms with Gasteiger partial charge in [-0.2, -0.15) is 0 Å². The van der Waals surface area contributed by atoms with E-state index in [9.17, 15) is 15.0 Å². The topological polar surface area (TPSA) is 72.4 Å². The summed E-state index contributed by atoms with van der Waals surface area (Å²) in [5.74, 6) is 0.0463. The SMILES string of the molecule is CC(=O)C[O][Al+2].CC(C)[O-].CC(C)[O-]. The number of ketones is 1. The average Bonchev–Trinajstić information content (AvgIpc) is 1.82. The molecule has 0 atom stereocenters. The van der Waals surface area contributed by atoms with E-state index in [0.717, 1.165) is 0 Å². The van der Waals surface area contributed by atoms with Gasteiger partial charge in [0, 0.05) is 0 Å². The van der Waals surface area contributed by atoms with Crippen molar-refractivity contribution < 1.29 is 18.8 Å². The Morgan fingerprint density at radius 1 is 1.21 bits per heavy atom. The monoisotopic (exact) mass is 218 g/mol. The number of hydrogen-bond acceptors (Lipinski definition) is 4. The third-order valence-corrected chi connectivity index (χ3v) is 0.453. The molecule has 0 N–H and O–H groups in total. The van der Waals surface area contributed by atoms with Gasteiger partial charge in [0.2, 0.25) is 0 Å². The number of carbonyl (C=O) groups excluding carboxylic acids is 1. The van der Waals surface area contributed by atoms with Crippen LogP contribution in [0.1, 0.15) is 34.6 Å². The number of carbonyl (C=O) groups is 1. The first-order valence-corrected chi connectivity index (χ1v) is 4.83. The van der Waals surface area contributed by atoms with Crippen molar-refractivity contribution >= 4 is 22.4 Å². The molecule has 0 amide bonds. The van der Waals surface area contributed by atoms with E-state index >= 15 is 0 Å². The average molecular weight is 218 g/mol. The van der Waals surface area contributed by atoms with Crippen molar-refractivity contribution in [3.05, 3.63) is 0 Å². The third-order valence-electron chi connectivity index (χ3n) is 0.287. The van der Waals surface area contributed by atoms with Gasteiger partial charge in [-0.1, -0.05) is 27.7 Å². The van der Waals surface area contributed by atoms with Gasteiger partial charge in [0.25, 0.3) is 0 Å². The molecule has 0 unspecified atom stereocenters. The second kappa shape index (κ2) is 15.5. The first kappa shape index (κ1) is 19.6. The second-order valence-electron chi connectivity index (χ2n) is 3.11. The van der Waals surface area contributed by atoms with Gasteiger partial charge in [-0.3, -0.25) is 0 Å². The quantitative estimate of drug-likeness (QED) is 0.568. The first-order valence-electron chi connectivity index (χ1n) is 4.36. The molecule has 0 aromatic heterocycles. The molecule has 0 aliphatic rings. The molecule has 0 rings (SSSR count). The van der Waals surface area contributed by atoms with E-state index in [1.165, 1.54) is 6.92 Å². The van der Waals surface area contributed by atoms with Crippen LogP contribution >= 0.6 is 0 Å². The maximum atomic E-state index is 9.91. The van der Waals surface area contributed by atoms with Gasteiger partial charge in [0.1, 0.15) is 0 Å². The fourth-order valence-corrected chi connectivity index (χ4v) is 0.352. The summed E-state index contributed by atoms with van der Waals surface area (Å²) < 4.78 is 4.37. The fourth-order valence-electron chi connectivity index (χ4n) is 0.117. The summed E-state index contributed by atoms with van der Waals surface area (Å²) in [5.41, 5.74) is 0. The molecular formula is C9H19AlO4. The summed E-state index contributed by atoms with van der Waals surface area (Å²) >= 11 is 2.00. The van der Waals surface area contributed by atoms with Crippen molar-refractivity contribution in [2.75, 3.05) is 6.61 Å². The zero-order chi connectivity index (χ0) is 12.1. The molecule has 5 heteroatoms. The summed E-state index contributed by atoms with van der Waals surface area (Å²) in [5, 5.41) is 19.1. The van der Waals surface area contributed by atoms with Crippen LogP contribution in [0, 0.1) is 0 Å². The van der Waals surface area contributed by atoms with E-state index in [4.69, 9.17) is 0 Å². The van der Waals surface area contributed by atoms with Crippen molar-refractivity contribution in [1.29, 1.82) is 0 Å². The predicted octanol–water partition coefficient (Wildman–Crippen LogP) is -0.814. The van der Waals surface area contributed by atoms with Crippen LogP contribution in [0.2, 0.25) is 0 Å². The van der Waals surface area contributed by atoms with Crippen molar-refractivity contribution in [1.82, 2.24) is 0 Å². The zero-order valence-corrected chi connectivity index (χ0v) is 10.7. The minimum atomic E-state index is -0.417. The molecule has 0 aromatic rings. The third kappa shape index (κ3) is 156. The molecule has 0 aliphatic heterocycles. The van der Waals surface area contributed by atoms with Crippen LogP contribution in [0.25, 0.3) is 0 Å². The minimum absolute atomic E-state index is 0.0463. The standard InChI is InChI=1S/C3H5O2.2C3H7O.Al/c1-3(5)2-4;2*1-3(2)4;/h2H2,1H3;2*3H,1-2H3;/q3*-1;+3. The van der Waals surface area contributed by atoms with Crippen molar-refractivity contribution in [3.63, 3.8) is 0 Å². The molecular weight excluding hydrogens is 199 g/mol. The molecule has 0 fully saturated rings. The Labute approximate surface area is 95.0 Å². The molecule has 0 heterocycles. The number of hydrogen-bond donors (Lipinski definition) is 0. The molecule has 0 spiro atoms. The molecule has 82 valence electrons. The Morgan fingerprint density at radius 3 is 1.43 bits per heavy atom. The predicted molar refractivity (Wildman–Crippen MR) is 52.7 cm³/mol. The Hall–Kier alpha value is 0.0825.